The van der Waals surface area contributed by atoms with E-state index >= 15 is 0 Å². The number of nitrogens with zero attached hydrogens (tertiary/aromatic N) is 1. The second kappa shape index (κ2) is 5.95. The Bertz CT molecular complexity index is 549. The molecule has 2 heterocycles. The summed E-state index contributed by atoms with van der Waals surface area (Å²) in [6, 6.07) is 0. The number of carbonyl (C=O) groups is 1. The Hall–Kier alpha value is -0.330. The minimum atomic E-state index is -3.09. The number of carbonyl (C=O) groups excluding carboxylic acids is 1. The first-order chi connectivity index (χ1) is 9.79. The SMILES string of the molecule is CC1(C)CN(C(=O)[C@@]23CCCC[C@H]2CNC3)CCS1(=O)=O.Cl. The lowest BCUT2D eigenvalue weighted by Gasteiger charge is -2.45. The lowest BCUT2D eigenvalue weighted by molar-refractivity contribution is -0.145. The first kappa shape index (κ1) is 18.0. The normalized spacial score (nSPS) is 36.3. The van der Waals surface area contributed by atoms with Crippen molar-refractivity contribution in [2.45, 2.75) is 44.3 Å². The number of rotatable bonds is 1. The van der Waals surface area contributed by atoms with Crippen LogP contribution in [0, 0.1) is 11.3 Å². The Kier molecular flexibility index (Phi) is 4.87. The van der Waals surface area contributed by atoms with E-state index in [1.807, 2.05) is 4.90 Å². The van der Waals surface area contributed by atoms with E-state index < -0.39 is 14.6 Å². The quantitative estimate of drug-likeness (QED) is 0.772. The Morgan fingerprint density at radius 1 is 1.27 bits per heavy atom. The zero-order valence-electron chi connectivity index (χ0n) is 13.4. The number of hydrogen-bond acceptors (Lipinski definition) is 4. The molecule has 5 nitrogen and oxygen atoms in total. The molecule has 0 aromatic rings. The topological polar surface area (TPSA) is 66.5 Å². The Morgan fingerprint density at radius 3 is 2.68 bits per heavy atom. The maximum absolute atomic E-state index is 13.1. The smallest absolute Gasteiger partial charge is 0.230 e. The maximum Gasteiger partial charge on any atom is 0.230 e. The molecule has 0 aromatic heterocycles. The summed E-state index contributed by atoms with van der Waals surface area (Å²) < 4.78 is 23.4. The summed E-state index contributed by atoms with van der Waals surface area (Å²) in [6.45, 7) is 5.87. The van der Waals surface area contributed by atoms with E-state index in [9.17, 15) is 13.2 Å². The third kappa shape index (κ3) is 2.67. The third-order valence-corrected chi connectivity index (χ3v) is 8.33. The maximum atomic E-state index is 13.1. The van der Waals surface area contributed by atoms with E-state index in [2.05, 4.69) is 5.32 Å². The molecule has 2 atom stereocenters. The molecule has 0 spiro atoms. The van der Waals surface area contributed by atoms with E-state index in [1.54, 1.807) is 13.8 Å². The van der Waals surface area contributed by atoms with Crippen molar-refractivity contribution in [1.29, 1.82) is 0 Å². The van der Waals surface area contributed by atoms with Crippen molar-refractivity contribution < 1.29 is 13.2 Å². The van der Waals surface area contributed by atoms with Crippen molar-refractivity contribution in [1.82, 2.24) is 10.2 Å². The van der Waals surface area contributed by atoms with Crippen molar-refractivity contribution >= 4 is 28.2 Å². The van der Waals surface area contributed by atoms with Crippen LogP contribution in [0.3, 0.4) is 0 Å². The van der Waals surface area contributed by atoms with Gasteiger partial charge in [-0.05, 0) is 39.2 Å². The average molecular weight is 351 g/mol. The monoisotopic (exact) mass is 350 g/mol. The van der Waals surface area contributed by atoms with E-state index in [4.69, 9.17) is 0 Å². The predicted molar refractivity (Wildman–Crippen MR) is 89.0 cm³/mol. The van der Waals surface area contributed by atoms with Crippen LogP contribution in [0.5, 0.6) is 0 Å². The number of halogens is 1. The van der Waals surface area contributed by atoms with Gasteiger partial charge in [0.1, 0.15) is 0 Å². The van der Waals surface area contributed by atoms with Crippen LogP contribution in [0.4, 0.5) is 0 Å². The molecule has 1 aliphatic carbocycles. The van der Waals surface area contributed by atoms with Gasteiger partial charge in [0, 0.05) is 19.6 Å². The number of amides is 1. The van der Waals surface area contributed by atoms with Gasteiger partial charge in [-0.2, -0.15) is 0 Å². The molecule has 7 heteroatoms. The van der Waals surface area contributed by atoms with Gasteiger partial charge in [-0.25, -0.2) is 8.42 Å². The minimum Gasteiger partial charge on any atom is -0.340 e. The molecule has 128 valence electrons. The summed E-state index contributed by atoms with van der Waals surface area (Å²) in [6.07, 6.45) is 4.39. The molecular formula is C15H27ClN2O3S. The van der Waals surface area contributed by atoms with Gasteiger partial charge in [-0.1, -0.05) is 12.8 Å². The Morgan fingerprint density at radius 2 is 2.00 bits per heavy atom. The molecule has 2 saturated heterocycles. The highest BCUT2D eigenvalue weighted by molar-refractivity contribution is 7.92. The summed E-state index contributed by atoms with van der Waals surface area (Å²) in [5.41, 5.74) is -0.268. The molecule has 3 rings (SSSR count). The van der Waals surface area contributed by atoms with E-state index in [0.717, 1.165) is 32.4 Å². The van der Waals surface area contributed by atoms with Crippen LogP contribution in [0.25, 0.3) is 0 Å². The van der Waals surface area contributed by atoms with E-state index in [1.165, 1.54) is 6.42 Å². The summed E-state index contributed by atoms with van der Waals surface area (Å²) in [5.74, 6) is 0.723. The number of fused-ring (bicyclic) bond motifs is 1. The first-order valence-corrected chi connectivity index (χ1v) is 9.66. The summed E-state index contributed by atoms with van der Waals surface area (Å²) in [4.78, 5) is 15.0. The van der Waals surface area contributed by atoms with Gasteiger partial charge in [-0.3, -0.25) is 4.79 Å². The number of nitrogens with one attached hydrogen (secondary N) is 1. The Balaban J connectivity index is 0.00000176. The standard InChI is InChI=1S/C15H26N2O3S.ClH/c1-14(2)11-17(7-8-21(14,19)20)13(18)15-6-4-3-5-12(15)9-16-10-15;/h12,16H,3-11H2,1-2H3;1H/t12-,15+;/m0./s1. The van der Waals surface area contributed by atoms with Crippen LogP contribution in [0.2, 0.25) is 0 Å². The van der Waals surface area contributed by atoms with Crippen LogP contribution in [0.15, 0.2) is 0 Å². The molecule has 3 aliphatic rings. The molecule has 22 heavy (non-hydrogen) atoms. The van der Waals surface area contributed by atoms with Crippen LogP contribution < -0.4 is 5.32 Å². The van der Waals surface area contributed by atoms with Gasteiger partial charge in [0.15, 0.2) is 9.84 Å². The van der Waals surface area contributed by atoms with Gasteiger partial charge in [0.25, 0.3) is 0 Å². The largest absolute Gasteiger partial charge is 0.340 e. The van der Waals surface area contributed by atoms with Crippen LogP contribution in [-0.2, 0) is 14.6 Å². The molecule has 3 fully saturated rings. The highest BCUT2D eigenvalue weighted by Crippen LogP contribution is 2.45. The second-order valence-electron chi connectivity index (χ2n) is 7.54. The van der Waals surface area contributed by atoms with Gasteiger partial charge in [0.2, 0.25) is 5.91 Å². The van der Waals surface area contributed by atoms with Crippen LogP contribution in [-0.4, -0.2) is 55.9 Å². The molecule has 2 aliphatic heterocycles. The van der Waals surface area contributed by atoms with E-state index in [-0.39, 0.29) is 29.5 Å². The molecule has 0 radical (unpaired) electrons. The lowest BCUT2D eigenvalue weighted by atomic mass is 9.67. The molecule has 0 unspecified atom stereocenters. The lowest BCUT2D eigenvalue weighted by Crippen LogP contribution is -2.59. The van der Waals surface area contributed by atoms with Gasteiger partial charge in [0.05, 0.1) is 15.9 Å². The minimum absolute atomic E-state index is 0. The van der Waals surface area contributed by atoms with Gasteiger partial charge < -0.3 is 10.2 Å². The molecule has 0 aromatic carbocycles. The summed E-state index contributed by atoms with van der Waals surface area (Å²) in [5, 5.41) is 3.40. The summed E-state index contributed by atoms with van der Waals surface area (Å²) in [7, 11) is -3.09. The molecular weight excluding hydrogens is 324 g/mol. The van der Waals surface area contributed by atoms with Gasteiger partial charge in [-0.15, -0.1) is 12.4 Å². The van der Waals surface area contributed by atoms with Crippen LogP contribution in [0.1, 0.15) is 39.5 Å². The average Bonchev–Trinajstić information content (AvgIpc) is 2.86. The van der Waals surface area contributed by atoms with E-state index in [0.29, 0.717) is 19.0 Å². The highest BCUT2D eigenvalue weighted by Gasteiger charge is 2.53. The fourth-order valence-electron chi connectivity index (χ4n) is 4.30. The second-order valence-corrected chi connectivity index (χ2v) is 10.3. The highest BCUT2D eigenvalue weighted by atomic mass is 35.5. The van der Waals surface area contributed by atoms with Crippen molar-refractivity contribution in [2.24, 2.45) is 11.3 Å². The van der Waals surface area contributed by atoms with Crippen molar-refractivity contribution in [2.75, 3.05) is 31.9 Å². The molecule has 1 saturated carbocycles. The fourth-order valence-corrected chi connectivity index (χ4v) is 5.67. The summed E-state index contributed by atoms with van der Waals surface area (Å²) >= 11 is 0. The zero-order chi connectivity index (χ0) is 15.3. The fraction of sp³-hybridized carbons (Fsp3) is 0.933. The van der Waals surface area contributed by atoms with Crippen molar-refractivity contribution in [3.05, 3.63) is 0 Å². The molecule has 1 amide bonds. The van der Waals surface area contributed by atoms with Crippen LogP contribution >= 0.6 is 12.4 Å². The van der Waals surface area contributed by atoms with Gasteiger partial charge >= 0.3 is 0 Å². The Labute approximate surface area is 139 Å². The third-order valence-electron chi connectivity index (χ3n) is 5.79. The molecule has 0 bridgehead atoms. The first-order valence-electron chi connectivity index (χ1n) is 8.01. The molecule has 1 N–H and O–H groups in total. The van der Waals surface area contributed by atoms with Crippen molar-refractivity contribution in [3.8, 4) is 0 Å². The number of hydrogen-bond donors (Lipinski definition) is 1. The zero-order valence-corrected chi connectivity index (χ0v) is 15.1. The van der Waals surface area contributed by atoms with Crippen molar-refractivity contribution in [3.63, 3.8) is 0 Å². The number of sulfone groups is 1. The predicted octanol–water partition coefficient (Wildman–Crippen LogP) is 1.22.